The van der Waals surface area contributed by atoms with Crippen LogP contribution in [0.4, 0.5) is 34.1 Å². The number of rotatable bonds is 8. The molecule has 0 atom stereocenters. The number of nitrogens with zero attached hydrogens (tertiary/aromatic N) is 2. The van der Waals surface area contributed by atoms with Crippen molar-refractivity contribution in [1.29, 1.82) is 0 Å². The minimum absolute atomic E-state index is 0.0607. The van der Waals surface area contributed by atoms with Gasteiger partial charge in [-0.2, -0.15) is 0 Å². The second-order valence-corrected chi connectivity index (χ2v) is 17.5. The Morgan fingerprint density at radius 2 is 0.574 bits per heavy atom. The van der Waals surface area contributed by atoms with Gasteiger partial charge in [0.1, 0.15) is 0 Å². The van der Waals surface area contributed by atoms with Gasteiger partial charge in [-0.15, -0.1) is 0 Å². The fraction of sp³-hybridized carbons (Fsp3) is 0.269. The molecule has 0 saturated carbocycles. The van der Waals surface area contributed by atoms with Crippen molar-refractivity contribution in [2.75, 3.05) is 9.80 Å². The predicted molar refractivity (Wildman–Crippen MR) is 236 cm³/mol. The molecule has 0 bridgehead atoms. The lowest BCUT2D eigenvalue weighted by molar-refractivity contribution is 0.590. The van der Waals surface area contributed by atoms with Crippen LogP contribution in [0, 0.1) is 0 Å². The summed E-state index contributed by atoms with van der Waals surface area (Å²) in [5.74, 6) is 0.912. The average molecular weight is 709 g/mol. The topological polar surface area (TPSA) is 6.48 Å². The van der Waals surface area contributed by atoms with Gasteiger partial charge in [-0.25, -0.2) is 0 Å². The molecule has 0 N–H and O–H groups in total. The fourth-order valence-corrected chi connectivity index (χ4v) is 7.62. The molecule has 0 spiro atoms. The molecule has 0 aliphatic heterocycles. The maximum absolute atomic E-state index is 2.48. The molecule has 2 nitrogen and oxygen atoms in total. The first kappa shape index (κ1) is 37.0. The van der Waals surface area contributed by atoms with Crippen molar-refractivity contribution in [1.82, 2.24) is 0 Å². The Labute approximate surface area is 324 Å². The van der Waals surface area contributed by atoms with Crippen LogP contribution in [0.25, 0.3) is 21.5 Å². The van der Waals surface area contributed by atoms with E-state index in [9.17, 15) is 0 Å². The third-order valence-electron chi connectivity index (χ3n) is 10.9. The van der Waals surface area contributed by atoms with Gasteiger partial charge in [-0.1, -0.05) is 166 Å². The van der Waals surface area contributed by atoms with Gasteiger partial charge in [0.15, 0.2) is 0 Å². The Bertz CT molecular complexity index is 2140. The van der Waals surface area contributed by atoms with Crippen molar-refractivity contribution in [3.8, 4) is 0 Å². The van der Waals surface area contributed by atoms with E-state index in [2.05, 4.69) is 225 Å². The number of benzene rings is 7. The lowest BCUT2D eigenvalue weighted by atomic mass is 9.87. The smallest absolute Gasteiger partial charge is 0.0619 e. The number of hydrogen-bond acceptors (Lipinski definition) is 2. The molecule has 0 unspecified atom stereocenters. The van der Waals surface area contributed by atoms with Gasteiger partial charge in [-0.3, -0.25) is 0 Å². The predicted octanol–water partition coefficient (Wildman–Crippen LogP) is 15.8. The van der Waals surface area contributed by atoms with E-state index in [0.717, 1.165) is 22.7 Å². The van der Waals surface area contributed by atoms with Crippen LogP contribution in [0.2, 0.25) is 0 Å². The lowest BCUT2D eigenvalue weighted by Gasteiger charge is -2.33. The molecule has 0 aromatic heterocycles. The highest BCUT2D eigenvalue weighted by Crippen LogP contribution is 2.51. The monoisotopic (exact) mass is 708 g/mol. The molecule has 7 aromatic rings. The zero-order valence-corrected chi connectivity index (χ0v) is 33.9. The standard InChI is InChI=1S/C52H56N2/c1-35(2)37-19-27-41(28-20-37)53(43-31-23-39(24-32-43)51(5,6)7)49-45-15-11-13-17-47(45)50(48-18-14-12-16-46(48)49)54(42-29-21-38(22-30-42)36(3)4)44-33-25-40(26-34-44)52(8,9)10/h11-36H,1-10H3. The molecule has 54 heavy (non-hydrogen) atoms. The van der Waals surface area contributed by atoms with Crippen LogP contribution in [0.15, 0.2) is 146 Å². The fourth-order valence-electron chi connectivity index (χ4n) is 7.62. The van der Waals surface area contributed by atoms with Gasteiger partial charge < -0.3 is 9.80 Å². The zero-order valence-electron chi connectivity index (χ0n) is 33.9. The van der Waals surface area contributed by atoms with E-state index in [0.29, 0.717) is 11.8 Å². The summed E-state index contributed by atoms with van der Waals surface area (Å²) in [5, 5.41) is 4.81. The van der Waals surface area contributed by atoms with E-state index in [4.69, 9.17) is 0 Å². The van der Waals surface area contributed by atoms with E-state index in [1.807, 2.05) is 0 Å². The van der Waals surface area contributed by atoms with Gasteiger partial charge in [0.05, 0.1) is 11.4 Å². The molecule has 0 radical (unpaired) electrons. The minimum Gasteiger partial charge on any atom is -0.309 e. The molecular weight excluding hydrogens is 653 g/mol. The Morgan fingerprint density at radius 3 is 0.796 bits per heavy atom. The third-order valence-corrected chi connectivity index (χ3v) is 10.9. The third kappa shape index (κ3) is 7.15. The first-order valence-electron chi connectivity index (χ1n) is 19.7. The Kier molecular flexibility index (Phi) is 9.92. The lowest BCUT2D eigenvalue weighted by Crippen LogP contribution is -2.16. The van der Waals surface area contributed by atoms with Gasteiger partial charge in [0.2, 0.25) is 0 Å². The molecule has 274 valence electrons. The molecule has 7 rings (SSSR count). The normalized spacial score (nSPS) is 12.2. The molecule has 0 fully saturated rings. The van der Waals surface area contributed by atoms with Crippen LogP contribution < -0.4 is 9.80 Å². The summed E-state index contributed by atoms with van der Waals surface area (Å²) in [6, 6.07) is 54.7. The van der Waals surface area contributed by atoms with Crippen LogP contribution in [0.1, 0.15) is 103 Å². The largest absolute Gasteiger partial charge is 0.309 e. The van der Waals surface area contributed by atoms with Gasteiger partial charge >= 0.3 is 0 Å². The average Bonchev–Trinajstić information content (AvgIpc) is 3.16. The number of hydrogen-bond donors (Lipinski definition) is 0. The second-order valence-electron chi connectivity index (χ2n) is 17.5. The Hall–Kier alpha value is -5.34. The van der Waals surface area contributed by atoms with E-state index >= 15 is 0 Å². The van der Waals surface area contributed by atoms with Crippen LogP contribution in [0.3, 0.4) is 0 Å². The van der Waals surface area contributed by atoms with Crippen molar-refractivity contribution in [2.45, 2.75) is 91.9 Å². The summed E-state index contributed by atoms with van der Waals surface area (Å²) >= 11 is 0. The highest BCUT2D eigenvalue weighted by Gasteiger charge is 2.26. The van der Waals surface area contributed by atoms with Crippen LogP contribution in [-0.2, 0) is 10.8 Å². The maximum atomic E-state index is 2.48. The van der Waals surface area contributed by atoms with Crippen molar-refractivity contribution in [3.05, 3.63) is 168 Å². The van der Waals surface area contributed by atoms with Crippen molar-refractivity contribution in [3.63, 3.8) is 0 Å². The first-order chi connectivity index (χ1) is 25.7. The zero-order chi connectivity index (χ0) is 38.4. The molecule has 0 heterocycles. The SMILES string of the molecule is CC(C)c1ccc(N(c2ccc(C(C)(C)C)cc2)c2c3ccccc3c(N(c3ccc(C(C)C)cc3)c3ccc(C(C)(C)C)cc3)c3ccccc23)cc1. The summed E-state index contributed by atoms with van der Waals surface area (Å²) in [4.78, 5) is 4.95. The number of fused-ring (bicyclic) bond motifs is 2. The Balaban J connectivity index is 1.55. The maximum Gasteiger partial charge on any atom is 0.0619 e. The molecule has 2 heteroatoms. The van der Waals surface area contributed by atoms with Gasteiger partial charge in [-0.05, 0) is 93.5 Å². The van der Waals surface area contributed by atoms with Gasteiger partial charge in [0, 0.05) is 44.3 Å². The minimum atomic E-state index is 0.0607. The quantitative estimate of drug-likeness (QED) is 0.115. The summed E-state index contributed by atoms with van der Waals surface area (Å²) in [5.41, 5.74) is 12.4. The van der Waals surface area contributed by atoms with Gasteiger partial charge in [0.25, 0.3) is 0 Å². The van der Waals surface area contributed by atoms with Crippen molar-refractivity contribution < 1.29 is 0 Å². The molecule has 7 aromatic carbocycles. The van der Waals surface area contributed by atoms with E-state index in [1.165, 1.54) is 55.2 Å². The van der Waals surface area contributed by atoms with E-state index in [-0.39, 0.29) is 10.8 Å². The molecule has 0 saturated heterocycles. The molecular formula is C52H56N2. The van der Waals surface area contributed by atoms with Crippen LogP contribution in [-0.4, -0.2) is 0 Å². The molecule has 0 aliphatic rings. The first-order valence-corrected chi connectivity index (χ1v) is 19.7. The second kappa shape index (κ2) is 14.5. The highest BCUT2D eigenvalue weighted by molar-refractivity contribution is 6.23. The number of anilines is 6. The van der Waals surface area contributed by atoms with E-state index < -0.39 is 0 Å². The summed E-state index contributed by atoms with van der Waals surface area (Å²) in [6.07, 6.45) is 0. The highest BCUT2D eigenvalue weighted by atomic mass is 15.2. The Morgan fingerprint density at radius 1 is 0.333 bits per heavy atom. The van der Waals surface area contributed by atoms with Crippen molar-refractivity contribution in [2.24, 2.45) is 0 Å². The molecule has 0 amide bonds. The van der Waals surface area contributed by atoms with Crippen LogP contribution >= 0.6 is 0 Å². The summed E-state index contributed by atoms with van der Waals surface area (Å²) in [7, 11) is 0. The van der Waals surface area contributed by atoms with Crippen LogP contribution in [0.5, 0.6) is 0 Å². The summed E-state index contributed by atoms with van der Waals surface area (Å²) in [6.45, 7) is 22.7. The van der Waals surface area contributed by atoms with E-state index in [1.54, 1.807) is 0 Å². The summed E-state index contributed by atoms with van der Waals surface area (Å²) < 4.78 is 0. The van der Waals surface area contributed by atoms with Crippen molar-refractivity contribution >= 4 is 55.7 Å². The molecule has 0 aliphatic carbocycles.